The molecule has 3 atom stereocenters. The first-order valence-electron chi connectivity index (χ1n) is 11.8. The molecule has 0 aromatic rings. The average molecular weight is 437 g/mol. The number of Topliss-reactive ketones (excluding diaryl/α,β-unsaturated/α-hetero) is 1. The van der Waals surface area contributed by atoms with Gasteiger partial charge in [-0.25, -0.2) is 0 Å². The van der Waals surface area contributed by atoms with E-state index in [2.05, 4.69) is 54.6 Å². The Morgan fingerprint density at radius 2 is 1.87 bits per heavy atom. The normalized spacial score (nSPS) is 26.2. The van der Waals surface area contributed by atoms with Crippen LogP contribution in [0.4, 0.5) is 0 Å². The van der Waals surface area contributed by atoms with Gasteiger partial charge in [0.25, 0.3) is 0 Å². The number of ether oxygens (including phenoxy) is 1. The van der Waals surface area contributed by atoms with Crippen molar-refractivity contribution in [1.82, 2.24) is 0 Å². The van der Waals surface area contributed by atoms with Gasteiger partial charge in [0.05, 0.1) is 5.92 Å². The van der Waals surface area contributed by atoms with Crippen LogP contribution in [0.2, 0.25) is 18.1 Å². The second kappa shape index (κ2) is 9.28. The van der Waals surface area contributed by atoms with E-state index in [0.717, 1.165) is 37.7 Å². The number of esters is 1. The molecule has 0 amide bonds. The van der Waals surface area contributed by atoms with E-state index in [9.17, 15) is 9.59 Å². The highest BCUT2D eigenvalue weighted by atomic mass is 28.4. The van der Waals surface area contributed by atoms with Crippen LogP contribution >= 0.6 is 0 Å². The molecule has 0 aromatic heterocycles. The van der Waals surface area contributed by atoms with E-state index >= 15 is 0 Å². The Hall–Kier alpha value is -0.943. The molecule has 0 spiro atoms. The summed E-state index contributed by atoms with van der Waals surface area (Å²) in [6.45, 7) is 19.9. The number of allylic oxidation sites excluding steroid dienone is 2. The maximum absolute atomic E-state index is 13.6. The van der Waals surface area contributed by atoms with Gasteiger partial charge >= 0.3 is 5.97 Å². The predicted molar refractivity (Wildman–Crippen MR) is 125 cm³/mol. The minimum Gasteiger partial charge on any atom is -0.462 e. The number of carbonyl (C=O) groups is 2. The monoisotopic (exact) mass is 436 g/mol. The molecule has 0 aliphatic heterocycles. The van der Waals surface area contributed by atoms with E-state index in [1.54, 1.807) is 0 Å². The quantitative estimate of drug-likeness (QED) is 0.249. The zero-order chi connectivity index (χ0) is 22.9. The Morgan fingerprint density at radius 3 is 2.40 bits per heavy atom. The van der Waals surface area contributed by atoms with Crippen molar-refractivity contribution in [2.75, 3.05) is 6.61 Å². The van der Waals surface area contributed by atoms with Crippen LogP contribution in [0.25, 0.3) is 0 Å². The highest BCUT2D eigenvalue weighted by Gasteiger charge is 2.49. The molecule has 0 bridgehead atoms. The molecule has 0 aromatic carbocycles. The molecule has 2 unspecified atom stereocenters. The summed E-state index contributed by atoms with van der Waals surface area (Å²) < 4.78 is 12.0. The van der Waals surface area contributed by atoms with Crippen molar-refractivity contribution >= 4 is 20.1 Å². The first-order valence-corrected chi connectivity index (χ1v) is 14.7. The van der Waals surface area contributed by atoms with Crippen molar-refractivity contribution in [1.29, 1.82) is 0 Å². The van der Waals surface area contributed by atoms with Crippen LogP contribution in [0.1, 0.15) is 87.0 Å². The molecule has 2 aliphatic rings. The van der Waals surface area contributed by atoms with E-state index in [-0.39, 0.29) is 34.2 Å². The van der Waals surface area contributed by atoms with Gasteiger partial charge in [-0.2, -0.15) is 0 Å². The Kier molecular flexibility index (Phi) is 7.83. The lowest BCUT2D eigenvalue weighted by atomic mass is 9.66. The van der Waals surface area contributed by atoms with Gasteiger partial charge in [-0.3, -0.25) is 9.59 Å². The Balaban J connectivity index is 2.11. The van der Waals surface area contributed by atoms with E-state index < -0.39 is 8.32 Å². The molecule has 30 heavy (non-hydrogen) atoms. The summed E-state index contributed by atoms with van der Waals surface area (Å²) in [6, 6.07) is 0. The number of hydrogen-bond acceptors (Lipinski definition) is 4. The van der Waals surface area contributed by atoms with Crippen molar-refractivity contribution < 1.29 is 18.8 Å². The third-order valence-corrected chi connectivity index (χ3v) is 12.4. The van der Waals surface area contributed by atoms with Crippen LogP contribution in [0.5, 0.6) is 0 Å². The van der Waals surface area contributed by atoms with Gasteiger partial charge in [0.2, 0.25) is 0 Å². The van der Waals surface area contributed by atoms with Gasteiger partial charge in [0.15, 0.2) is 14.1 Å². The average Bonchev–Trinajstić information content (AvgIpc) is 2.95. The molecule has 0 N–H and O–H groups in total. The van der Waals surface area contributed by atoms with Crippen molar-refractivity contribution in [2.24, 2.45) is 17.3 Å². The highest BCUT2D eigenvalue weighted by molar-refractivity contribution is 6.74. The maximum Gasteiger partial charge on any atom is 0.302 e. The number of rotatable bonds is 8. The minimum absolute atomic E-state index is 0.0133. The largest absolute Gasteiger partial charge is 0.462 e. The van der Waals surface area contributed by atoms with Gasteiger partial charge in [-0.1, -0.05) is 47.1 Å². The first-order chi connectivity index (χ1) is 13.7. The Morgan fingerprint density at radius 1 is 1.23 bits per heavy atom. The molecule has 5 heteroatoms. The molecule has 0 saturated heterocycles. The lowest BCUT2D eigenvalue weighted by Crippen LogP contribution is -2.42. The van der Waals surface area contributed by atoms with Crippen molar-refractivity contribution in [3.05, 3.63) is 11.1 Å². The minimum atomic E-state index is -1.79. The predicted octanol–water partition coefficient (Wildman–Crippen LogP) is 6.45. The summed E-state index contributed by atoms with van der Waals surface area (Å²) in [5.41, 5.74) is 2.40. The Labute approximate surface area is 185 Å². The first kappa shape index (κ1) is 25.3. The topological polar surface area (TPSA) is 52.6 Å². The molecule has 1 saturated carbocycles. The van der Waals surface area contributed by atoms with Crippen molar-refractivity contribution in [3.63, 3.8) is 0 Å². The van der Waals surface area contributed by atoms with E-state index in [1.807, 2.05) is 0 Å². The number of ketones is 1. The van der Waals surface area contributed by atoms with Gasteiger partial charge in [-0.05, 0) is 68.0 Å². The smallest absolute Gasteiger partial charge is 0.302 e. The fourth-order valence-corrected chi connectivity index (χ4v) is 5.95. The fourth-order valence-electron chi connectivity index (χ4n) is 4.86. The lowest BCUT2D eigenvalue weighted by molar-refractivity contribution is -0.152. The van der Waals surface area contributed by atoms with E-state index in [1.165, 1.54) is 12.5 Å². The zero-order valence-corrected chi connectivity index (χ0v) is 21.8. The Bertz CT molecular complexity index is 686. The summed E-state index contributed by atoms with van der Waals surface area (Å²) in [6.07, 6.45) is 5.07. The third-order valence-electron chi connectivity index (χ3n) is 7.83. The van der Waals surface area contributed by atoms with Gasteiger partial charge in [0.1, 0.15) is 6.10 Å². The molecule has 4 nitrogen and oxygen atoms in total. The van der Waals surface area contributed by atoms with Crippen LogP contribution in [0.3, 0.4) is 0 Å². The molecular weight excluding hydrogens is 392 g/mol. The number of fused-ring (bicyclic) bond motifs is 1. The maximum atomic E-state index is 13.6. The molecule has 0 radical (unpaired) electrons. The van der Waals surface area contributed by atoms with Gasteiger partial charge < -0.3 is 9.16 Å². The standard InChI is InChI=1S/C25H44O4Si/c1-17(2)19-12-14-25(7)15-13-20(23(27)22(19)25)21(29-18(3)26)11-10-16-28-30(8,9)24(4,5)6/h17,20-21H,10-16H2,1-9H3/t20?,21?,25-/m1/s1. The molecular formula is C25H44O4Si. The summed E-state index contributed by atoms with van der Waals surface area (Å²) in [7, 11) is -1.79. The summed E-state index contributed by atoms with van der Waals surface area (Å²) in [4.78, 5) is 25.4. The van der Waals surface area contributed by atoms with E-state index in [0.29, 0.717) is 18.9 Å². The van der Waals surface area contributed by atoms with Crippen LogP contribution in [-0.2, 0) is 18.8 Å². The third kappa shape index (κ3) is 5.45. The molecule has 2 aliphatic carbocycles. The second-order valence-electron chi connectivity index (χ2n) is 11.5. The van der Waals surface area contributed by atoms with Crippen molar-refractivity contribution in [3.8, 4) is 0 Å². The van der Waals surface area contributed by atoms with E-state index in [4.69, 9.17) is 9.16 Å². The fraction of sp³-hybridized carbons (Fsp3) is 0.840. The highest BCUT2D eigenvalue weighted by Crippen LogP contribution is 2.53. The summed E-state index contributed by atoms with van der Waals surface area (Å²) in [5, 5.41) is 0.175. The van der Waals surface area contributed by atoms with Crippen LogP contribution in [0, 0.1) is 17.3 Å². The summed E-state index contributed by atoms with van der Waals surface area (Å²) in [5.74, 6) is 0.129. The summed E-state index contributed by atoms with van der Waals surface area (Å²) >= 11 is 0. The van der Waals surface area contributed by atoms with Gasteiger partial charge in [0, 0.05) is 19.1 Å². The number of carbonyl (C=O) groups excluding carboxylic acids is 2. The molecule has 172 valence electrons. The molecule has 0 heterocycles. The van der Waals surface area contributed by atoms with Crippen LogP contribution in [0.15, 0.2) is 11.1 Å². The van der Waals surface area contributed by atoms with Crippen LogP contribution in [-0.4, -0.2) is 32.8 Å². The van der Waals surface area contributed by atoms with Gasteiger partial charge in [-0.15, -0.1) is 0 Å². The molecule has 2 rings (SSSR count). The number of hydrogen-bond donors (Lipinski definition) is 0. The lowest BCUT2D eigenvalue weighted by Gasteiger charge is -2.39. The SMILES string of the molecule is CC(=O)OC(CCCO[Si](C)(C)C(C)(C)C)C1CC[C@@]2(C)CCC(C(C)C)=C2C1=O. The zero-order valence-electron chi connectivity index (χ0n) is 20.8. The molecule has 1 fully saturated rings. The van der Waals surface area contributed by atoms with Crippen LogP contribution < -0.4 is 0 Å². The second-order valence-corrected chi connectivity index (χ2v) is 16.3. The van der Waals surface area contributed by atoms with Crippen molar-refractivity contribution in [2.45, 2.75) is 111 Å².